The number of carbonyl (C=O) groups is 1. The fraction of sp³-hybridized carbons (Fsp3) is 0.158. The first-order valence-corrected chi connectivity index (χ1v) is 9.22. The lowest BCUT2D eigenvalue weighted by Gasteiger charge is -2.09. The van der Waals surface area contributed by atoms with Gasteiger partial charge in [-0.25, -0.2) is 4.79 Å². The third-order valence-electron chi connectivity index (χ3n) is 4.34. The molecule has 0 amide bonds. The molecule has 0 saturated carbocycles. The number of hydrogen-bond acceptors (Lipinski definition) is 6. The third-order valence-corrected chi connectivity index (χ3v) is 5.41. The molecule has 0 N–H and O–H groups in total. The molecule has 136 valence electrons. The highest BCUT2D eigenvalue weighted by atomic mass is 32.2. The average molecular weight is 380 g/mol. The van der Waals surface area contributed by atoms with E-state index < -0.39 is 0 Å². The molecule has 0 fully saturated rings. The van der Waals surface area contributed by atoms with Gasteiger partial charge in [0.05, 0.1) is 29.3 Å². The highest BCUT2D eigenvalue weighted by Gasteiger charge is 2.16. The van der Waals surface area contributed by atoms with E-state index in [1.165, 1.54) is 23.4 Å². The van der Waals surface area contributed by atoms with Crippen LogP contribution in [0.5, 0.6) is 0 Å². The van der Waals surface area contributed by atoms with Gasteiger partial charge in [-0.05, 0) is 24.3 Å². The minimum atomic E-state index is -0.378. The molecule has 0 unspecified atom stereocenters. The Bertz CT molecular complexity index is 1230. The lowest BCUT2D eigenvalue weighted by molar-refractivity contribution is 0.0597. The van der Waals surface area contributed by atoms with Crippen molar-refractivity contribution in [2.45, 2.75) is 10.6 Å². The quantitative estimate of drug-likeness (QED) is 0.400. The summed E-state index contributed by atoms with van der Waals surface area (Å²) in [4.78, 5) is 25.3. The fourth-order valence-electron chi connectivity index (χ4n) is 3.00. The molecule has 0 saturated heterocycles. The van der Waals surface area contributed by atoms with E-state index in [4.69, 9.17) is 4.74 Å². The summed E-state index contributed by atoms with van der Waals surface area (Å²) in [6.45, 7) is 0. The number of para-hydroxylation sites is 1. The number of aromatic nitrogens is 4. The first-order chi connectivity index (χ1) is 13.1. The van der Waals surface area contributed by atoms with E-state index in [1.54, 1.807) is 25.2 Å². The van der Waals surface area contributed by atoms with Gasteiger partial charge in [-0.15, -0.1) is 22.0 Å². The second-order valence-electron chi connectivity index (χ2n) is 5.91. The number of fused-ring (bicyclic) bond motifs is 3. The van der Waals surface area contributed by atoms with Gasteiger partial charge in [0, 0.05) is 11.9 Å². The van der Waals surface area contributed by atoms with Crippen LogP contribution < -0.4 is 5.56 Å². The Hall–Kier alpha value is -3.13. The molecule has 0 radical (unpaired) electrons. The summed E-state index contributed by atoms with van der Waals surface area (Å²) >= 11 is 1.47. The summed E-state index contributed by atoms with van der Waals surface area (Å²) in [5.74, 6) is 1.28. The van der Waals surface area contributed by atoms with Crippen molar-refractivity contribution in [3.05, 3.63) is 70.3 Å². The lowest BCUT2D eigenvalue weighted by atomic mass is 10.2. The van der Waals surface area contributed by atoms with E-state index in [9.17, 15) is 9.59 Å². The molecule has 0 bridgehead atoms. The number of aryl methyl sites for hydroxylation is 1. The number of hydrogen-bond donors (Lipinski definition) is 0. The Morgan fingerprint density at radius 1 is 1.11 bits per heavy atom. The van der Waals surface area contributed by atoms with Crippen molar-refractivity contribution in [1.29, 1.82) is 0 Å². The Balaban J connectivity index is 1.79. The summed E-state index contributed by atoms with van der Waals surface area (Å²) in [5, 5.41) is 9.06. The standard InChI is InChI=1S/C19H16N4O3S/c1-22-17(24)12-7-3-5-9-14(12)23-16(20-21-19(22)23)11-27-15-10-6-4-8-13(15)18(25)26-2/h3-10H,11H2,1-2H3. The van der Waals surface area contributed by atoms with Crippen LogP contribution in [0.1, 0.15) is 16.2 Å². The van der Waals surface area contributed by atoms with Crippen LogP contribution in [0.2, 0.25) is 0 Å². The summed E-state index contributed by atoms with van der Waals surface area (Å²) < 4.78 is 8.22. The topological polar surface area (TPSA) is 78.5 Å². The molecule has 4 rings (SSSR count). The second-order valence-corrected chi connectivity index (χ2v) is 6.93. The van der Waals surface area contributed by atoms with Crippen molar-refractivity contribution in [1.82, 2.24) is 19.2 Å². The number of thioether (sulfide) groups is 1. The van der Waals surface area contributed by atoms with E-state index in [2.05, 4.69) is 10.2 Å². The first kappa shape index (κ1) is 17.3. The van der Waals surface area contributed by atoms with Crippen molar-refractivity contribution in [2.24, 2.45) is 7.05 Å². The number of carbonyl (C=O) groups excluding carboxylic acids is 1. The van der Waals surface area contributed by atoms with Crippen LogP contribution in [0.15, 0.2) is 58.2 Å². The van der Waals surface area contributed by atoms with Gasteiger partial charge in [-0.2, -0.15) is 0 Å². The number of rotatable bonds is 4. The minimum absolute atomic E-state index is 0.110. The van der Waals surface area contributed by atoms with Gasteiger partial charge >= 0.3 is 5.97 Å². The Kier molecular flexibility index (Phi) is 4.41. The summed E-state index contributed by atoms with van der Waals surface area (Å²) in [6, 6.07) is 14.7. The Morgan fingerprint density at radius 3 is 2.67 bits per heavy atom. The van der Waals surface area contributed by atoms with E-state index in [0.29, 0.717) is 28.3 Å². The van der Waals surface area contributed by atoms with Crippen LogP contribution in [0, 0.1) is 0 Å². The zero-order valence-electron chi connectivity index (χ0n) is 14.7. The van der Waals surface area contributed by atoms with Crippen LogP contribution in [0.4, 0.5) is 0 Å². The molecule has 0 atom stereocenters. The number of methoxy groups -OCH3 is 1. The zero-order chi connectivity index (χ0) is 19.0. The van der Waals surface area contributed by atoms with Gasteiger partial charge in [0.15, 0.2) is 0 Å². The highest BCUT2D eigenvalue weighted by Crippen LogP contribution is 2.27. The zero-order valence-corrected chi connectivity index (χ0v) is 15.6. The normalized spacial score (nSPS) is 11.2. The molecule has 2 heterocycles. The van der Waals surface area contributed by atoms with E-state index in [1.807, 2.05) is 34.7 Å². The largest absolute Gasteiger partial charge is 0.465 e. The van der Waals surface area contributed by atoms with Crippen LogP contribution >= 0.6 is 11.8 Å². The predicted octanol–water partition coefficient (Wildman–Crippen LogP) is 2.66. The smallest absolute Gasteiger partial charge is 0.338 e. The maximum absolute atomic E-state index is 12.5. The third kappa shape index (κ3) is 2.87. The summed E-state index contributed by atoms with van der Waals surface area (Å²) in [7, 11) is 3.05. The molecule has 0 aliphatic carbocycles. The van der Waals surface area contributed by atoms with Gasteiger partial charge in [0.2, 0.25) is 5.78 Å². The number of benzene rings is 2. The molecule has 0 spiro atoms. The molecule has 0 aliphatic rings. The number of esters is 1. The fourth-order valence-corrected chi connectivity index (χ4v) is 3.95. The molecule has 2 aromatic carbocycles. The van der Waals surface area contributed by atoms with E-state index >= 15 is 0 Å². The van der Waals surface area contributed by atoms with Crippen LogP contribution in [0.25, 0.3) is 16.7 Å². The van der Waals surface area contributed by atoms with Crippen molar-refractivity contribution >= 4 is 34.4 Å². The molecule has 27 heavy (non-hydrogen) atoms. The highest BCUT2D eigenvalue weighted by molar-refractivity contribution is 7.98. The molecular formula is C19H16N4O3S. The number of nitrogens with zero attached hydrogens (tertiary/aromatic N) is 4. The minimum Gasteiger partial charge on any atom is -0.465 e. The molecular weight excluding hydrogens is 364 g/mol. The average Bonchev–Trinajstić information content (AvgIpc) is 3.14. The second kappa shape index (κ2) is 6.88. The predicted molar refractivity (Wildman–Crippen MR) is 103 cm³/mol. The summed E-state index contributed by atoms with van der Waals surface area (Å²) in [5.41, 5.74) is 1.16. The van der Waals surface area contributed by atoms with Gasteiger partial charge in [0.1, 0.15) is 5.82 Å². The van der Waals surface area contributed by atoms with Crippen LogP contribution in [-0.2, 0) is 17.5 Å². The summed E-state index contributed by atoms with van der Waals surface area (Å²) in [6.07, 6.45) is 0. The molecule has 7 nitrogen and oxygen atoms in total. The van der Waals surface area contributed by atoms with Gasteiger partial charge in [-0.3, -0.25) is 13.8 Å². The van der Waals surface area contributed by atoms with Gasteiger partial charge < -0.3 is 4.74 Å². The molecule has 0 aliphatic heterocycles. The SMILES string of the molecule is COC(=O)c1ccccc1SCc1nnc2n(C)c(=O)c3ccccc3n12. The van der Waals surface area contributed by atoms with E-state index in [-0.39, 0.29) is 11.5 Å². The van der Waals surface area contributed by atoms with Crippen molar-refractivity contribution < 1.29 is 9.53 Å². The first-order valence-electron chi connectivity index (χ1n) is 8.23. The van der Waals surface area contributed by atoms with Crippen LogP contribution in [-0.4, -0.2) is 32.2 Å². The molecule has 4 aromatic rings. The Morgan fingerprint density at radius 2 is 1.85 bits per heavy atom. The Labute approximate surface area is 158 Å². The lowest BCUT2D eigenvalue weighted by Crippen LogP contribution is -2.20. The van der Waals surface area contributed by atoms with Gasteiger partial charge in [0.25, 0.3) is 5.56 Å². The number of ether oxygens (including phenoxy) is 1. The van der Waals surface area contributed by atoms with Crippen molar-refractivity contribution in [3.63, 3.8) is 0 Å². The maximum atomic E-state index is 12.5. The monoisotopic (exact) mass is 380 g/mol. The van der Waals surface area contributed by atoms with Crippen molar-refractivity contribution in [2.75, 3.05) is 7.11 Å². The van der Waals surface area contributed by atoms with Gasteiger partial charge in [-0.1, -0.05) is 24.3 Å². The van der Waals surface area contributed by atoms with E-state index in [0.717, 1.165) is 10.4 Å². The molecule has 8 heteroatoms. The van der Waals surface area contributed by atoms with Crippen LogP contribution in [0.3, 0.4) is 0 Å². The maximum Gasteiger partial charge on any atom is 0.338 e. The molecule has 2 aromatic heterocycles. The van der Waals surface area contributed by atoms with Crippen molar-refractivity contribution in [3.8, 4) is 0 Å².